The fraction of sp³-hybridized carbons (Fsp3) is 0.538. The van der Waals surface area contributed by atoms with E-state index in [-0.39, 0.29) is 0 Å². The van der Waals surface area contributed by atoms with Crippen LogP contribution in [0.25, 0.3) is 0 Å². The molecule has 5 nitrogen and oxygen atoms in total. The Labute approximate surface area is 108 Å². The zero-order chi connectivity index (χ0) is 13.4. The van der Waals surface area contributed by atoms with Gasteiger partial charge in [0.1, 0.15) is 17.2 Å². The summed E-state index contributed by atoms with van der Waals surface area (Å²) in [5.74, 6) is 2.26. The minimum absolute atomic E-state index is 0.692. The largest absolute Gasteiger partial charge is 0.496 e. The molecule has 0 aliphatic carbocycles. The zero-order valence-electron chi connectivity index (χ0n) is 11.5. The molecule has 0 saturated carbocycles. The van der Waals surface area contributed by atoms with E-state index in [4.69, 9.17) is 14.2 Å². The van der Waals surface area contributed by atoms with Crippen LogP contribution in [-0.4, -0.2) is 41.5 Å². The van der Waals surface area contributed by atoms with Crippen molar-refractivity contribution in [2.75, 3.05) is 41.5 Å². The molecule has 18 heavy (non-hydrogen) atoms. The van der Waals surface area contributed by atoms with Crippen LogP contribution < -0.4 is 24.8 Å². The van der Waals surface area contributed by atoms with E-state index in [2.05, 4.69) is 10.6 Å². The van der Waals surface area contributed by atoms with Crippen molar-refractivity contribution in [2.45, 2.75) is 6.54 Å². The molecule has 0 bridgehead atoms. The molecule has 0 fully saturated rings. The molecule has 0 atom stereocenters. The summed E-state index contributed by atoms with van der Waals surface area (Å²) in [6.45, 7) is 2.49. The lowest BCUT2D eigenvalue weighted by molar-refractivity contribution is 0.366. The van der Waals surface area contributed by atoms with Crippen molar-refractivity contribution in [1.29, 1.82) is 0 Å². The third kappa shape index (κ3) is 3.78. The molecule has 0 aliphatic rings. The summed E-state index contributed by atoms with van der Waals surface area (Å²) in [5.41, 5.74) is 0.997. The van der Waals surface area contributed by atoms with Crippen molar-refractivity contribution in [3.05, 3.63) is 17.7 Å². The predicted octanol–water partition coefficient (Wildman–Crippen LogP) is 1.02. The van der Waals surface area contributed by atoms with Crippen LogP contribution in [0.15, 0.2) is 12.1 Å². The van der Waals surface area contributed by atoms with Crippen molar-refractivity contribution < 1.29 is 14.2 Å². The fourth-order valence-electron chi connectivity index (χ4n) is 1.68. The highest BCUT2D eigenvalue weighted by Gasteiger charge is 2.12. The van der Waals surface area contributed by atoms with Crippen LogP contribution in [0.1, 0.15) is 5.56 Å². The van der Waals surface area contributed by atoms with Gasteiger partial charge in [-0.15, -0.1) is 0 Å². The van der Waals surface area contributed by atoms with E-state index in [1.165, 1.54) is 0 Å². The van der Waals surface area contributed by atoms with Gasteiger partial charge in [0.25, 0.3) is 0 Å². The van der Waals surface area contributed by atoms with Crippen LogP contribution in [0.3, 0.4) is 0 Å². The summed E-state index contributed by atoms with van der Waals surface area (Å²) in [4.78, 5) is 0. The van der Waals surface area contributed by atoms with Crippen molar-refractivity contribution in [3.63, 3.8) is 0 Å². The molecule has 102 valence electrons. The average molecular weight is 254 g/mol. The van der Waals surface area contributed by atoms with Gasteiger partial charge in [0.2, 0.25) is 0 Å². The minimum atomic E-state index is 0.692. The van der Waals surface area contributed by atoms with Crippen molar-refractivity contribution in [3.8, 4) is 17.2 Å². The highest BCUT2D eigenvalue weighted by molar-refractivity contribution is 5.50. The lowest BCUT2D eigenvalue weighted by Gasteiger charge is -2.15. The molecule has 1 aromatic rings. The van der Waals surface area contributed by atoms with E-state index in [1.807, 2.05) is 19.2 Å². The van der Waals surface area contributed by atoms with Crippen LogP contribution >= 0.6 is 0 Å². The molecule has 1 aromatic carbocycles. The Morgan fingerprint density at radius 2 is 1.56 bits per heavy atom. The zero-order valence-corrected chi connectivity index (χ0v) is 11.5. The number of benzene rings is 1. The van der Waals surface area contributed by atoms with Gasteiger partial charge in [0.05, 0.1) is 26.9 Å². The second-order valence-corrected chi connectivity index (χ2v) is 3.79. The highest BCUT2D eigenvalue weighted by Crippen LogP contribution is 2.33. The maximum absolute atomic E-state index is 5.37. The topological polar surface area (TPSA) is 51.8 Å². The number of hydrogen-bond donors (Lipinski definition) is 2. The van der Waals surface area contributed by atoms with Crippen LogP contribution in [0, 0.1) is 0 Å². The van der Waals surface area contributed by atoms with Gasteiger partial charge in [-0.25, -0.2) is 0 Å². The normalized spacial score (nSPS) is 10.2. The first-order valence-electron chi connectivity index (χ1n) is 5.91. The Morgan fingerprint density at radius 1 is 0.944 bits per heavy atom. The van der Waals surface area contributed by atoms with E-state index in [0.717, 1.165) is 35.9 Å². The molecule has 0 spiro atoms. The number of rotatable bonds is 8. The molecule has 5 heteroatoms. The second-order valence-electron chi connectivity index (χ2n) is 3.79. The molecule has 0 heterocycles. The van der Waals surface area contributed by atoms with E-state index >= 15 is 0 Å². The van der Waals surface area contributed by atoms with Gasteiger partial charge < -0.3 is 24.8 Å². The number of nitrogens with one attached hydrogen (secondary N) is 2. The van der Waals surface area contributed by atoms with Gasteiger partial charge in [0, 0.05) is 31.8 Å². The first-order valence-corrected chi connectivity index (χ1v) is 5.91. The smallest absolute Gasteiger partial charge is 0.130 e. The number of hydrogen-bond acceptors (Lipinski definition) is 5. The summed E-state index contributed by atoms with van der Waals surface area (Å²) in [5, 5.41) is 6.41. The van der Waals surface area contributed by atoms with Gasteiger partial charge in [0.15, 0.2) is 0 Å². The number of likely N-dealkylation sites (N-methyl/N-ethyl adjacent to an activating group) is 1. The maximum atomic E-state index is 5.37. The fourth-order valence-corrected chi connectivity index (χ4v) is 1.68. The lowest BCUT2D eigenvalue weighted by Crippen LogP contribution is -2.24. The summed E-state index contributed by atoms with van der Waals surface area (Å²) in [7, 11) is 6.84. The first kappa shape index (κ1) is 14.6. The van der Waals surface area contributed by atoms with Crippen LogP contribution in [0.5, 0.6) is 17.2 Å². The molecule has 2 N–H and O–H groups in total. The quantitative estimate of drug-likeness (QED) is 0.678. The molecule has 0 aromatic heterocycles. The van der Waals surface area contributed by atoms with E-state index in [1.54, 1.807) is 21.3 Å². The van der Waals surface area contributed by atoms with Crippen molar-refractivity contribution >= 4 is 0 Å². The average Bonchev–Trinajstić information content (AvgIpc) is 2.42. The minimum Gasteiger partial charge on any atom is -0.496 e. The van der Waals surface area contributed by atoms with E-state index in [9.17, 15) is 0 Å². The third-order valence-electron chi connectivity index (χ3n) is 2.67. The summed E-state index contributed by atoms with van der Waals surface area (Å²) >= 11 is 0. The van der Waals surface area contributed by atoms with Gasteiger partial charge in [-0.1, -0.05) is 0 Å². The third-order valence-corrected chi connectivity index (χ3v) is 2.67. The van der Waals surface area contributed by atoms with Gasteiger partial charge in [-0.05, 0) is 7.05 Å². The molecular weight excluding hydrogens is 232 g/mol. The van der Waals surface area contributed by atoms with Crippen molar-refractivity contribution in [2.24, 2.45) is 0 Å². The molecule has 0 amide bonds. The Morgan fingerprint density at radius 3 is 2.00 bits per heavy atom. The van der Waals surface area contributed by atoms with E-state index < -0.39 is 0 Å². The standard InChI is InChI=1S/C13H22N2O3/c1-14-5-6-15-9-11-12(17-3)7-10(16-2)8-13(11)18-4/h7-8,14-15H,5-6,9H2,1-4H3. The SMILES string of the molecule is CNCCNCc1c(OC)cc(OC)cc1OC. The Bertz CT molecular complexity index is 344. The summed E-state index contributed by atoms with van der Waals surface area (Å²) in [6, 6.07) is 3.72. The molecule has 0 radical (unpaired) electrons. The van der Waals surface area contributed by atoms with Crippen molar-refractivity contribution in [1.82, 2.24) is 10.6 Å². The summed E-state index contributed by atoms with van der Waals surface area (Å²) < 4.78 is 16.0. The Kier molecular flexibility index (Phi) is 6.32. The Balaban J connectivity index is 2.85. The van der Waals surface area contributed by atoms with Gasteiger partial charge in [-0.3, -0.25) is 0 Å². The molecule has 0 saturated heterocycles. The van der Waals surface area contributed by atoms with Crippen LogP contribution in [-0.2, 0) is 6.54 Å². The maximum Gasteiger partial charge on any atom is 0.130 e. The second kappa shape index (κ2) is 7.79. The monoisotopic (exact) mass is 254 g/mol. The van der Waals surface area contributed by atoms with E-state index in [0.29, 0.717) is 6.54 Å². The predicted molar refractivity (Wildman–Crippen MR) is 71.7 cm³/mol. The first-order chi connectivity index (χ1) is 8.76. The molecule has 0 aliphatic heterocycles. The number of ether oxygens (including phenoxy) is 3. The van der Waals surface area contributed by atoms with Crippen LogP contribution in [0.2, 0.25) is 0 Å². The molecule has 1 rings (SSSR count). The number of methoxy groups -OCH3 is 3. The Hall–Kier alpha value is -1.46. The lowest BCUT2D eigenvalue weighted by atomic mass is 10.1. The van der Waals surface area contributed by atoms with Gasteiger partial charge in [-0.2, -0.15) is 0 Å². The molecular formula is C13H22N2O3. The molecule has 0 unspecified atom stereocenters. The van der Waals surface area contributed by atoms with Gasteiger partial charge >= 0.3 is 0 Å². The highest BCUT2D eigenvalue weighted by atomic mass is 16.5. The summed E-state index contributed by atoms with van der Waals surface area (Å²) in [6.07, 6.45) is 0. The van der Waals surface area contributed by atoms with Crippen LogP contribution in [0.4, 0.5) is 0 Å².